The molecular weight excluding hydrogens is 302 g/mol. The third kappa shape index (κ3) is 4.32. The zero-order valence-electron chi connectivity index (χ0n) is 13.3. The third-order valence-electron chi connectivity index (χ3n) is 3.17. The number of carbonyl (C=O) groups is 5. The van der Waals surface area contributed by atoms with Crippen LogP contribution in [0, 0.1) is 19.8 Å². The molecule has 23 heavy (non-hydrogen) atoms. The molecule has 0 radical (unpaired) electrons. The minimum atomic E-state index is -1.99. The zero-order valence-corrected chi connectivity index (χ0v) is 13.3. The fraction of sp³-hybridized carbons (Fsp3) is 0.312. The summed E-state index contributed by atoms with van der Waals surface area (Å²) in [6.45, 7) is 4.55. The Morgan fingerprint density at radius 3 is 2.13 bits per heavy atom. The average Bonchev–Trinajstić information content (AvgIpc) is 2.48. The van der Waals surface area contributed by atoms with Crippen LogP contribution in [0.3, 0.4) is 0 Å². The molecule has 0 bridgehead atoms. The Kier molecular flexibility index (Phi) is 5.89. The van der Waals surface area contributed by atoms with Gasteiger partial charge in [0.05, 0.1) is 7.11 Å². The number of hydrogen-bond donors (Lipinski definition) is 1. The number of methoxy groups -OCH3 is 1. The predicted octanol–water partition coefficient (Wildman–Crippen LogP) is 0.758. The molecule has 0 heterocycles. The predicted molar refractivity (Wildman–Crippen MR) is 80.7 cm³/mol. The molecule has 0 aliphatic carbocycles. The fourth-order valence-corrected chi connectivity index (χ4v) is 1.98. The highest BCUT2D eigenvalue weighted by Crippen LogP contribution is 2.16. The summed E-state index contributed by atoms with van der Waals surface area (Å²) in [6, 6.07) is 5.12. The standard InChI is InChI=1S/C16H17NO6/c1-8-5-6-11(9(2)7-8)17-15(21)13(19)12(10(3)18)14(20)16(22)23-4/h5-7,12H,1-4H3,(H,17,21)/t12-/m0/s1. The second kappa shape index (κ2) is 7.44. The van der Waals surface area contributed by atoms with Crippen LogP contribution in [0.1, 0.15) is 18.1 Å². The van der Waals surface area contributed by atoms with Crippen LogP contribution < -0.4 is 5.32 Å². The van der Waals surface area contributed by atoms with Crippen molar-refractivity contribution in [3.63, 3.8) is 0 Å². The minimum absolute atomic E-state index is 0.377. The molecule has 1 atom stereocenters. The van der Waals surface area contributed by atoms with Gasteiger partial charge in [-0.05, 0) is 32.4 Å². The summed E-state index contributed by atoms with van der Waals surface area (Å²) in [5, 5.41) is 2.34. The number of benzene rings is 1. The molecule has 122 valence electrons. The molecule has 1 rings (SSSR count). The number of rotatable bonds is 6. The van der Waals surface area contributed by atoms with Crippen LogP contribution >= 0.6 is 0 Å². The maximum atomic E-state index is 12.1. The Hall–Kier alpha value is -2.83. The van der Waals surface area contributed by atoms with E-state index in [-0.39, 0.29) is 0 Å². The molecule has 0 spiro atoms. The van der Waals surface area contributed by atoms with E-state index in [1.165, 1.54) is 0 Å². The van der Waals surface area contributed by atoms with Crippen molar-refractivity contribution in [3.05, 3.63) is 29.3 Å². The van der Waals surface area contributed by atoms with Crippen molar-refractivity contribution in [2.45, 2.75) is 20.8 Å². The first-order chi connectivity index (χ1) is 10.7. The van der Waals surface area contributed by atoms with Gasteiger partial charge in [-0.25, -0.2) is 4.79 Å². The van der Waals surface area contributed by atoms with Crippen molar-refractivity contribution in [2.24, 2.45) is 5.92 Å². The highest BCUT2D eigenvalue weighted by molar-refractivity contribution is 6.54. The first-order valence-corrected chi connectivity index (χ1v) is 6.74. The van der Waals surface area contributed by atoms with Crippen molar-refractivity contribution in [1.29, 1.82) is 0 Å². The number of aryl methyl sites for hydroxylation is 2. The molecule has 0 fully saturated rings. The first-order valence-electron chi connectivity index (χ1n) is 6.74. The molecule has 1 N–H and O–H groups in total. The molecular formula is C16H17NO6. The van der Waals surface area contributed by atoms with Gasteiger partial charge in [0.1, 0.15) is 5.78 Å². The Morgan fingerprint density at radius 2 is 1.65 bits per heavy atom. The van der Waals surface area contributed by atoms with Crippen LogP contribution in [0.2, 0.25) is 0 Å². The van der Waals surface area contributed by atoms with E-state index in [2.05, 4.69) is 10.1 Å². The number of hydrogen-bond acceptors (Lipinski definition) is 6. The number of nitrogens with one attached hydrogen (secondary N) is 1. The summed E-state index contributed by atoms with van der Waals surface area (Å²) in [7, 11) is 0.942. The number of ketones is 3. The molecule has 1 aromatic rings. The van der Waals surface area contributed by atoms with E-state index in [4.69, 9.17) is 0 Å². The van der Waals surface area contributed by atoms with Crippen molar-refractivity contribution >= 4 is 34.9 Å². The second-order valence-electron chi connectivity index (χ2n) is 5.04. The van der Waals surface area contributed by atoms with Gasteiger partial charge in [0.15, 0.2) is 5.92 Å². The van der Waals surface area contributed by atoms with Crippen molar-refractivity contribution in [2.75, 3.05) is 12.4 Å². The van der Waals surface area contributed by atoms with E-state index in [1.807, 2.05) is 6.92 Å². The van der Waals surface area contributed by atoms with Gasteiger partial charge in [0, 0.05) is 5.69 Å². The molecule has 0 aliphatic heterocycles. The van der Waals surface area contributed by atoms with Crippen LogP contribution in [0.25, 0.3) is 0 Å². The van der Waals surface area contributed by atoms with Crippen LogP contribution in [0.4, 0.5) is 5.69 Å². The molecule has 1 aromatic carbocycles. The highest BCUT2D eigenvalue weighted by atomic mass is 16.5. The normalized spacial score (nSPS) is 11.3. The summed E-state index contributed by atoms with van der Waals surface area (Å²) >= 11 is 0. The second-order valence-corrected chi connectivity index (χ2v) is 5.04. The molecule has 0 saturated heterocycles. The van der Waals surface area contributed by atoms with E-state index < -0.39 is 35.1 Å². The largest absolute Gasteiger partial charge is 0.463 e. The lowest BCUT2D eigenvalue weighted by Gasteiger charge is -2.12. The highest BCUT2D eigenvalue weighted by Gasteiger charge is 2.39. The lowest BCUT2D eigenvalue weighted by molar-refractivity contribution is -0.157. The zero-order chi connectivity index (χ0) is 17.7. The summed E-state index contributed by atoms with van der Waals surface area (Å²) in [6.07, 6.45) is 0. The third-order valence-corrected chi connectivity index (χ3v) is 3.17. The van der Waals surface area contributed by atoms with E-state index in [1.54, 1.807) is 25.1 Å². The molecule has 0 unspecified atom stereocenters. The molecule has 7 heteroatoms. The Morgan fingerprint density at radius 1 is 1.04 bits per heavy atom. The van der Waals surface area contributed by atoms with Crippen molar-refractivity contribution in [3.8, 4) is 0 Å². The average molecular weight is 319 g/mol. The monoisotopic (exact) mass is 319 g/mol. The van der Waals surface area contributed by atoms with Gasteiger partial charge in [-0.3, -0.25) is 19.2 Å². The number of ether oxygens (including phenoxy) is 1. The van der Waals surface area contributed by atoms with Gasteiger partial charge in [0.2, 0.25) is 5.78 Å². The summed E-state index contributed by atoms with van der Waals surface area (Å²) in [5.74, 6) is -8.05. The Labute approximate surface area is 133 Å². The van der Waals surface area contributed by atoms with Crippen LogP contribution in [0.5, 0.6) is 0 Å². The maximum Gasteiger partial charge on any atom is 0.375 e. The van der Waals surface area contributed by atoms with E-state index in [9.17, 15) is 24.0 Å². The Balaban J connectivity index is 3.00. The fourth-order valence-electron chi connectivity index (χ4n) is 1.98. The molecule has 0 aliphatic rings. The van der Waals surface area contributed by atoms with Crippen molar-refractivity contribution < 1.29 is 28.7 Å². The molecule has 7 nitrogen and oxygen atoms in total. The van der Waals surface area contributed by atoms with Gasteiger partial charge in [-0.2, -0.15) is 0 Å². The van der Waals surface area contributed by atoms with Gasteiger partial charge in [-0.1, -0.05) is 17.7 Å². The maximum absolute atomic E-state index is 12.1. The number of carbonyl (C=O) groups excluding carboxylic acids is 5. The lowest BCUT2D eigenvalue weighted by Crippen LogP contribution is -2.41. The summed E-state index contributed by atoms with van der Waals surface area (Å²) in [5.41, 5.74) is 2.06. The van der Waals surface area contributed by atoms with Gasteiger partial charge in [-0.15, -0.1) is 0 Å². The van der Waals surface area contributed by atoms with Crippen LogP contribution in [-0.2, 0) is 28.7 Å². The van der Waals surface area contributed by atoms with E-state index in [0.29, 0.717) is 11.3 Å². The van der Waals surface area contributed by atoms with E-state index >= 15 is 0 Å². The number of esters is 1. The molecule has 0 saturated carbocycles. The topological polar surface area (TPSA) is 107 Å². The molecule has 0 aromatic heterocycles. The van der Waals surface area contributed by atoms with Crippen molar-refractivity contribution in [1.82, 2.24) is 0 Å². The number of amides is 1. The van der Waals surface area contributed by atoms with Gasteiger partial charge in [0.25, 0.3) is 11.7 Å². The van der Waals surface area contributed by atoms with Crippen LogP contribution in [0.15, 0.2) is 18.2 Å². The SMILES string of the molecule is COC(=O)C(=O)[C@@H](C(C)=O)C(=O)C(=O)Nc1ccc(C)cc1C. The smallest absolute Gasteiger partial charge is 0.375 e. The first kappa shape index (κ1) is 18.2. The summed E-state index contributed by atoms with van der Waals surface area (Å²) < 4.78 is 4.20. The number of anilines is 1. The summed E-state index contributed by atoms with van der Waals surface area (Å²) in [4.78, 5) is 58.5. The van der Waals surface area contributed by atoms with E-state index in [0.717, 1.165) is 19.6 Å². The molecule has 1 amide bonds. The lowest BCUT2D eigenvalue weighted by atomic mass is 9.94. The quantitative estimate of drug-likeness (QED) is 0.471. The Bertz CT molecular complexity index is 692. The van der Waals surface area contributed by atoms with Crippen LogP contribution in [-0.4, -0.2) is 36.3 Å². The van der Waals surface area contributed by atoms with Gasteiger partial charge >= 0.3 is 5.97 Å². The number of Topliss-reactive ketones (excluding diaryl/α,β-unsaturated/α-hetero) is 3. The minimum Gasteiger partial charge on any atom is -0.463 e. The van der Waals surface area contributed by atoms with Gasteiger partial charge < -0.3 is 10.1 Å².